The normalized spacial score (nSPS) is 17.2. The molecule has 1 aliphatic heterocycles. The summed E-state index contributed by atoms with van der Waals surface area (Å²) in [6.07, 6.45) is 0. The monoisotopic (exact) mass is 507 g/mol. The second-order valence-electron chi connectivity index (χ2n) is 8.39. The second-order valence-corrected chi connectivity index (χ2v) is 8.79. The summed E-state index contributed by atoms with van der Waals surface area (Å²) in [6, 6.07) is 10.8. The topological polar surface area (TPSA) is 118 Å². The number of ketones is 1. The van der Waals surface area contributed by atoms with Gasteiger partial charge in [-0.3, -0.25) is 14.5 Å². The fourth-order valence-electron chi connectivity index (χ4n) is 4.33. The SMILES string of the molecule is COc1cc(OC)c(/C(O)=C2\C(=O)C(=O)N(c3nc4ccc(C)cc4[nH]3)C2c2ccc(C)o2)cc1Cl. The number of furan rings is 1. The molecule has 1 saturated heterocycles. The molecule has 5 rings (SSSR count). The van der Waals surface area contributed by atoms with Crippen LogP contribution in [0.15, 0.2) is 52.5 Å². The number of rotatable bonds is 5. The number of carbonyl (C=O) groups excluding carboxylic acids is 2. The maximum atomic E-state index is 13.4. The molecule has 0 radical (unpaired) electrons. The van der Waals surface area contributed by atoms with E-state index in [1.165, 1.54) is 31.3 Å². The van der Waals surface area contributed by atoms with Gasteiger partial charge in [-0.1, -0.05) is 17.7 Å². The molecule has 1 unspecified atom stereocenters. The number of anilines is 1. The van der Waals surface area contributed by atoms with E-state index >= 15 is 0 Å². The number of H-pyrrole nitrogens is 1. The average Bonchev–Trinajstić information content (AvgIpc) is 3.54. The lowest BCUT2D eigenvalue weighted by Gasteiger charge is -2.21. The van der Waals surface area contributed by atoms with Gasteiger partial charge >= 0.3 is 5.91 Å². The molecular formula is C26H22ClN3O6. The Labute approximate surface area is 210 Å². The average molecular weight is 508 g/mol. The highest BCUT2D eigenvalue weighted by molar-refractivity contribution is 6.51. The first-order valence-electron chi connectivity index (χ1n) is 11.0. The summed E-state index contributed by atoms with van der Waals surface area (Å²) in [6.45, 7) is 3.68. The maximum Gasteiger partial charge on any atom is 0.302 e. The lowest BCUT2D eigenvalue weighted by Crippen LogP contribution is -2.30. The van der Waals surface area contributed by atoms with Crippen molar-refractivity contribution < 1.29 is 28.6 Å². The van der Waals surface area contributed by atoms with Crippen molar-refractivity contribution >= 4 is 46.0 Å². The predicted molar refractivity (Wildman–Crippen MR) is 134 cm³/mol. The van der Waals surface area contributed by atoms with Crippen molar-refractivity contribution in [3.05, 3.63) is 75.7 Å². The molecule has 2 N–H and O–H groups in total. The van der Waals surface area contributed by atoms with Crippen LogP contribution in [-0.2, 0) is 9.59 Å². The van der Waals surface area contributed by atoms with Gasteiger partial charge in [0.2, 0.25) is 5.95 Å². The molecule has 184 valence electrons. The highest BCUT2D eigenvalue weighted by Gasteiger charge is 2.50. The molecule has 0 spiro atoms. The Bertz CT molecular complexity index is 1570. The van der Waals surface area contributed by atoms with E-state index in [4.69, 9.17) is 25.5 Å². The third-order valence-corrected chi connectivity index (χ3v) is 6.35. The van der Waals surface area contributed by atoms with Crippen LogP contribution in [0.1, 0.15) is 28.7 Å². The summed E-state index contributed by atoms with van der Waals surface area (Å²) in [7, 11) is 2.85. The number of halogens is 1. The lowest BCUT2D eigenvalue weighted by molar-refractivity contribution is -0.132. The fourth-order valence-corrected chi connectivity index (χ4v) is 4.58. The Balaban J connectivity index is 1.74. The van der Waals surface area contributed by atoms with Crippen LogP contribution in [0.4, 0.5) is 5.95 Å². The Morgan fingerprint density at radius 3 is 2.50 bits per heavy atom. The van der Waals surface area contributed by atoms with Crippen molar-refractivity contribution in [2.24, 2.45) is 0 Å². The number of aryl methyl sites for hydroxylation is 2. The molecule has 3 heterocycles. The summed E-state index contributed by atoms with van der Waals surface area (Å²) >= 11 is 6.30. The van der Waals surface area contributed by atoms with Gasteiger partial charge in [-0.25, -0.2) is 4.98 Å². The number of aromatic amines is 1. The molecule has 2 aromatic heterocycles. The highest BCUT2D eigenvalue weighted by atomic mass is 35.5. The van der Waals surface area contributed by atoms with Gasteiger partial charge in [0, 0.05) is 6.07 Å². The number of aliphatic hydroxyl groups excluding tert-OH is 1. The number of carbonyl (C=O) groups is 2. The molecule has 0 saturated carbocycles. The number of aliphatic hydroxyl groups is 1. The third kappa shape index (κ3) is 3.68. The Hall–Kier alpha value is -4.24. The van der Waals surface area contributed by atoms with Crippen molar-refractivity contribution in [3.63, 3.8) is 0 Å². The van der Waals surface area contributed by atoms with Gasteiger partial charge in [0.25, 0.3) is 5.78 Å². The minimum absolute atomic E-state index is 0.120. The number of benzene rings is 2. The zero-order valence-corrected chi connectivity index (χ0v) is 20.6. The standard InChI is InChI=1S/C26H22ClN3O6/c1-12-5-7-16-17(9-12)29-26(28-16)30-22(18-8-6-13(2)36-18)21(24(32)25(30)33)23(31)14-10-15(27)20(35-4)11-19(14)34-3/h5-11,22,31H,1-4H3,(H,28,29)/b23-21+. The van der Waals surface area contributed by atoms with Crippen molar-refractivity contribution in [2.45, 2.75) is 19.9 Å². The van der Waals surface area contributed by atoms with E-state index in [1.807, 2.05) is 25.1 Å². The number of aromatic nitrogens is 2. The molecule has 10 heteroatoms. The first-order valence-corrected chi connectivity index (χ1v) is 11.4. The molecule has 1 fully saturated rings. The van der Waals surface area contributed by atoms with Gasteiger partial charge in [-0.2, -0.15) is 0 Å². The zero-order valence-electron chi connectivity index (χ0n) is 19.9. The summed E-state index contributed by atoms with van der Waals surface area (Å²) < 4.78 is 16.5. The van der Waals surface area contributed by atoms with Crippen molar-refractivity contribution in [2.75, 3.05) is 19.1 Å². The lowest BCUT2D eigenvalue weighted by atomic mass is 9.98. The van der Waals surface area contributed by atoms with Crippen molar-refractivity contribution in [1.29, 1.82) is 0 Å². The Morgan fingerprint density at radius 2 is 1.83 bits per heavy atom. The van der Waals surface area contributed by atoms with Crippen LogP contribution in [0.2, 0.25) is 5.02 Å². The number of fused-ring (bicyclic) bond motifs is 1. The third-order valence-electron chi connectivity index (χ3n) is 6.06. The van der Waals surface area contributed by atoms with Crippen molar-refractivity contribution in [1.82, 2.24) is 9.97 Å². The minimum atomic E-state index is -1.09. The number of hydrogen-bond acceptors (Lipinski definition) is 7. The van der Waals surface area contributed by atoms with Gasteiger partial charge < -0.3 is 24.0 Å². The largest absolute Gasteiger partial charge is 0.507 e. The van der Waals surface area contributed by atoms with E-state index in [2.05, 4.69) is 9.97 Å². The van der Waals surface area contributed by atoms with Gasteiger partial charge in [0.05, 0.1) is 41.4 Å². The first kappa shape index (κ1) is 23.5. The van der Waals surface area contributed by atoms with Gasteiger partial charge in [-0.05, 0) is 49.7 Å². The maximum absolute atomic E-state index is 13.4. The van der Waals surface area contributed by atoms with E-state index in [-0.39, 0.29) is 33.6 Å². The van der Waals surface area contributed by atoms with Crippen LogP contribution in [0.25, 0.3) is 16.8 Å². The predicted octanol–water partition coefficient (Wildman–Crippen LogP) is 5.07. The van der Waals surface area contributed by atoms with Gasteiger partial charge in [0.15, 0.2) is 0 Å². The summed E-state index contributed by atoms with van der Waals surface area (Å²) in [5.41, 5.74) is 2.25. The zero-order chi connectivity index (χ0) is 25.7. The van der Waals surface area contributed by atoms with Crippen LogP contribution < -0.4 is 14.4 Å². The number of nitrogens with one attached hydrogen (secondary N) is 1. The van der Waals surface area contributed by atoms with Crippen LogP contribution >= 0.6 is 11.6 Å². The Kier molecular flexibility index (Phi) is 5.72. The molecule has 1 aliphatic rings. The van der Waals surface area contributed by atoms with E-state index in [1.54, 1.807) is 19.1 Å². The van der Waals surface area contributed by atoms with E-state index < -0.39 is 23.5 Å². The second kappa shape index (κ2) is 8.76. The number of ether oxygens (including phenoxy) is 2. The molecule has 9 nitrogen and oxygen atoms in total. The van der Waals surface area contributed by atoms with Crippen LogP contribution in [0.3, 0.4) is 0 Å². The summed E-state index contributed by atoms with van der Waals surface area (Å²) in [5, 5.41) is 11.6. The molecule has 0 aliphatic carbocycles. The molecule has 2 aromatic carbocycles. The molecule has 1 amide bonds. The fraction of sp³-hybridized carbons (Fsp3) is 0.192. The highest BCUT2D eigenvalue weighted by Crippen LogP contribution is 2.44. The molecule has 36 heavy (non-hydrogen) atoms. The molecule has 4 aromatic rings. The Morgan fingerprint density at radius 1 is 1.08 bits per heavy atom. The number of amides is 1. The molecule has 1 atom stereocenters. The van der Waals surface area contributed by atoms with E-state index in [0.717, 1.165) is 5.56 Å². The van der Waals surface area contributed by atoms with Crippen LogP contribution in [0, 0.1) is 13.8 Å². The smallest absolute Gasteiger partial charge is 0.302 e. The minimum Gasteiger partial charge on any atom is -0.507 e. The van der Waals surface area contributed by atoms with E-state index in [0.29, 0.717) is 22.5 Å². The van der Waals surface area contributed by atoms with E-state index in [9.17, 15) is 14.7 Å². The van der Waals surface area contributed by atoms with Crippen LogP contribution in [-0.4, -0.2) is 41.0 Å². The number of Topliss-reactive ketones (excluding diaryl/α,β-unsaturated/α-hetero) is 1. The van der Waals surface area contributed by atoms with Crippen molar-refractivity contribution in [3.8, 4) is 11.5 Å². The number of methoxy groups -OCH3 is 2. The first-order chi connectivity index (χ1) is 17.2. The summed E-state index contributed by atoms with van der Waals surface area (Å²) in [4.78, 5) is 35.6. The van der Waals surface area contributed by atoms with Gasteiger partial charge in [0.1, 0.15) is 34.8 Å². The molecular weight excluding hydrogens is 486 g/mol. The molecule has 0 bridgehead atoms. The van der Waals surface area contributed by atoms with Gasteiger partial charge in [-0.15, -0.1) is 0 Å². The number of nitrogens with zero attached hydrogens (tertiary/aromatic N) is 2. The number of imidazole rings is 1. The quantitative estimate of drug-likeness (QED) is 0.220. The number of hydrogen-bond donors (Lipinski definition) is 2. The summed E-state index contributed by atoms with van der Waals surface area (Å²) in [5.74, 6) is -0.722. The van der Waals surface area contributed by atoms with Crippen LogP contribution in [0.5, 0.6) is 11.5 Å².